The summed E-state index contributed by atoms with van der Waals surface area (Å²) in [6.45, 7) is 2.04. The van der Waals surface area contributed by atoms with Crippen molar-refractivity contribution in [1.29, 1.82) is 0 Å². The average molecular weight is 368 g/mol. The molecule has 5 heteroatoms. The number of hydrogen-bond donors (Lipinski definition) is 1. The van der Waals surface area contributed by atoms with Crippen molar-refractivity contribution in [3.05, 3.63) is 57.0 Å². The Morgan fingerprint density at radius 1 is 1.19 bits per heavy atom. The molecule has 0 saturated carbocycles. The highest BCUT2D eigenvalue weighted by molar-refractivity contribution is 9.10. The van der Waals surface area contributed by atoms with Crippen LogP contribution in [0.5, 0.6) is 0 Å². The van der Waals surface area contributed by atoms with E-state index in [1.807, 2.05) is 44.1 Å². The van der Waals surface area contributed by atoms with Crippen molar-refractivity contribution in [2.75, 3.05) is 24.3 Å². The van der Waals surface area contributed by atoms with Gasteiger partial charge in [-0.15, -0.1) is 0 Å². The summed E-state index contributed by atoms with van der Waals surface area (Å²) in [4.78, 5) is 14.3. The van der Waals surface area contributed by atoms with Gasteiger partial charge < -0.3 is 10.2 Å². The van der Waals surface area contributed by atoms with Crippen LogP contribution in [0.2, 0.25) is 5.02 Å². The van der Waals surface area contributed by atoms with Gasteiger partial charge in [0.25, 0.3) is 5.91 Å². The van der Waals surface area contributed by atoms with Crippen LogP contribution < -0.4 is 10.2 Å². The number of nitrogens with one attached hydrogen (secondary N) is 1. The first-order valence-corrected chi connectivity index (χ1v) is 7.60. The van der Waals surface area contributed by atoms with E-state index in [1.165, 1.54) is 0 Å². The fourth-order valence-electron chi connectivity index (χ4n) is 2.01. The summed E-state index contributed by atoms with van der Waals surface area (Å²) in [5.41, 5.74) is 3.55. The van der Waals surface area contributed by atoms with Crippen LogP contribution in [0, 0.1) is 6.92 Å². The Bertz CT molecular complexity index is 686. The van der Waals surface area contributed by atoms with Crippen molar-refractivity contribution in [3.8, 4) is 0 Å². The molecule has 1 amide bonds. The molecular weight excluding hydrogens is 352 g/mol. The van der Waals surface area contributed by atoms with Crippen LogP contribution in [0.4, 0.5) is 11.4 Å². The lowest BCUT2D eigenvalue weighted by Crippen LogP contribution is -2.14. The second-order valence-electron chi connectivity index (χ2n) is 4.98. The van der Waals surface area contributed by atoms with Gasteiger partial charge in [0.15, 0.2) is 0 Å². The molecule has 2 aromatic carbocycles. The number of nitrogens with zero attached hydrogens (tertiary/aromatic N) is 1. The molecular formula is C16H16BrClN2O. The van der Waals surface area contributed by atoms with Crippen LogP contribution in [0.25, 0.3) is 0 Å². The molecule has 0 bridgehead atoms. The van der Waals surface area contributed by atoms with E-state index in [1.54, 1.807) is 18.2 Å². The highest BCUT2D eigenvalue weighted by Crippen LogP contribution is 2.25. The van der Waals surface area contributed by atoms with Crippen molar-refractivity contribution >= 4 is 44.8 Å². The molecule has 0 aliphatic heterocycles. The van der Waals surface area contributed by atoms with Crippen LogP contribution in [0.3, 0.4) is 0 Å². The summed E-state index contributed by atoms with van der Waals surface area (Å²) in [5.74, 6) is -0.166. The van der Waals surface area contributed by atoms with Gasteiger partial charge in [0.1, 0.15) is 0 Å². The number of anilines is 2. The predicted octanol–water partition coefficient (Wildman–Crippen LogP) is 4.73. The number of carbonyl (C=O) groups excluding carboxylic acids is 1. The highest BCUT2D eigenvalue weighted by Gasteiger charge is 2.09. The first-order valence-electron chi connectivity index (χ1n) is 6.43. The van der Waals surface area contributed by atoms with Crippen molar-refractivity contribution in [2.24, 2.45) is 0 Å². The van der Waals surface area contributed by atoms with Crippen molar-refractivity contribution in [2.45, 2.75) is 6.92 Å². The predicted molar refractivity (Wildman–Crippen MR) is 92.6 cm³/mol. The molecule has 0 heterocycles. The van der Waals surface area contributed by atoms with Gasteiger partial charge in [0, 0.05) is 35.5 Å². The smallest absolute Gasteiger partial charge is 0.255 e. The van der Waals surface area contributed by atoms with Gasteiger partial charge in [-0.1, -0.05) is 17.7 Å². The zero-order valence-electron chi connectivity index (χ0n) is 12.1. The molecule has 0 saturated heterocycles. The van der Waals surface area contributed by atoms with E-state index in [4.69, 9.17) is 11.6 Å². The van der Waals surface area contributed by atoms with E-state index >= 15 is 0 Å². The number of carbonyl (C=O) groups is 1. The maximum absolute atomic E-state index is 12.3. The zero-order chi connectivity index (χ0) is 15.6. The standard InChI is InChI=1S/C16H16BrClN2O/c1-10-4-6-12(9-15(10)20(2)3)19-16(21)11-5-7-14(18)13(17)8-11/h4-9H,1-3H3,(H,19,21). The van der Waals surface area contributed by atoms with Crippen LogP contribution in [-0.4, -0.2) is 20.0 Å². The van der Waals surface area contributed by atoms with Crippen LogP contribution in [-0.2, 0) is 0 Å². The first kappa shape index (κ1) is 15.9. The maximum Gasteiger partial charge on any atom is 0.255 e. The lowest BCUT2D eigenvalue weighted by Gasteiger charge is -2.17. The number of aryl methyl sites for hydroxylation is 1. The van der Waals surface area contributed by atoms with Gasteiger partial charge in [-0.2, -0.15) is 0 Å². The fourth-order valence-corrected chi connectivity index (χ4v) is 2.51. The molecule has 0 unspecified atom stereocenters. The first-order chi connectivity index (χ1) is 9.88. The number of halogens is 2. The molecule has 0 atom stereocenters. The molecule has 21 heavy (non-hydrogen) atoms. The van der Waals surface area contributed by atoms with E-state index < -0.39 is 0 Å². The number of hydrogen-bond acceptors (Lipinski definition) is 2. The third-order valence-electron chi connectivity index (χ3n) is 3.13. The van der Waals surface area contributed by atoms with Gasteiger partial charge >= 0.3 is 0 Å². The summed E-state index contributed by atoms with van der Waals surface area (Å²) in [6.07, 6.45) is 0. The quantitative estimate of drug-likeness (QED) is 0.850. The summed E-state index contributed by atoms with van der Waals surface area (Å²) < 4.78 is 0.703. The molecule has 0 fully saturated rings. The summed E-state index contributed by atoms with van der Waals surface area (Å²) in [6, 6.07) is 10.9. The Morgan fingerprint density at radius 2 is 1.90 bits per heavy atom. The second-order valence-corrected chi connectivity index (χ2v) is 6.24. The normalized spacial score (nSPS) is 10.3. The zero-order valence-corrected chi connectivity index (χ0v) is 14.4. The van der Waals surface area contributed by atoms with Crippen molar-refractivity contribution in [3.63, 3.8) is 0 Å². The van der Waals surface area contributed by atoms with Gasteiger partial charge in [-0.3, -0.25) is 4.79 Å². The summed E-state index contributed by atoms with van der Waals surface area (Å²) >= 11 is 9.26. The minimum atomic E-state index is -0.166. The van der Waals surface area contributed by atoms with E-state index in [-0.39, 0.29) is 5.91 Å². The number of amides is 1. The molecule has 0 spiro atoms. The van der Waals surface area contributed by atoms with Gasteiger partial charge in [0.2, 0.25) is 0 Å². The fraction of sp³-hybridized carbons (Fsp3) is 0.188. The molecule has 0 aromatic heterocycles. The van der Waals surface area contributed by atoms with Crippen molar-refractivity contribution in [1.82, 2.24) is 0 Å². The molecule has 0 radical (unpaired) electrons. The SMILES string of the molecule is Cc1ccc(NC(=O)c2ccc(Cl)c(Br)c2)cc1N(C)C. The molecule has 0 aliphatic rings. The molecule has 2 rings (SSSR count). The van der Waals surface area contributed by atoms with Gasteiger partial charge in [0.05, 0.1) is 5.02 Å². The molecule has 3 nitrogen and oxygen atoms in total. The van der Waals surface area contributed by atoms with Crippen LogP contribution >= 0.6 is 27.5 Å². The van der Waals surface area contributed by atoms with Crippen molar-refractivity contribution < 1.29 is 4.79 Å². The number of benzene rings is 2. The second kappa shape index (κ2) is 6.50. The van der Waals surface area contributed by atoms with Crippen LogP contribution in [0.1, 0.15) is 15.9 Å². The molecule has 1 N–H and O–H groups in total. The Hall–Kier alpha value is -1.52. The van der Waals surface area contributed by atoms with E-state index in [0.29, 0.717) is 15.1 Å². The van der Waals surface area contributed by atoms with Crippen LogP contribution in [0.15, 0.2) is 40.9 Å². The lowest BCUT2D eigenvalue weighted by molar-refractivity contribution is 0.102. The van der Waals surface area contributed by atoms with Gasteiger partial charge in [-0.25, -0.2) is 0 Å². The summed E-state index contributed by atoms with van der Waals surface area (Å²) in [5, 5.41) is 3.48. The van der Waals surface area contributed by atoms with E-state index in [9.17, 15) is 4.79 Å². The number of rotatable bonds is 3. The Balaban J connectivity index is 2.23. The molecule has 110 valence electrons. The minimum Gasteiger partial charge on any atom is -0.377 e. The minimum absolute atomic E-state index is 0.166. The summed E-state index contributed by atoms with van der Waals surface area (Å²) in [7, 11) is 3.95. The monoisotopic (exact) mass is 366 g/mol. The van der Waals surface area contributed by atoms with E-state index in [0.717, 1.165) is 16.9 Å². The average Bonchev–Trinajstić information content (AvgIpc) is 2.43. The molecule has 2 aromatic rings. The maximum atomic E-state index is 12.3. The Morgan fingerprint density at radius 3 is 2.52 bits per heavy atom. The Kier molecular flexibility index (Phi) is 4.91. The lowest BCUT2D eigenvalue weighted by atomic mass is 10.1. The highest BCUT2D eigenvalue weighted by atomic mass is 79.9. The topological polar surface area (TPSA) is 32.3 Å². The Labute approximate surface area is 138 Å². The molecule has 0 aliphatic carbocycles. The largest absolute Gasteiger partial charge is 0.377 e. The third kappa shape index (κ3) is 3.77. The van der Waals surface area contributed by atoms with Gasteiger partial charge in [-0.05, 0) is 58.7 Å². The third-order valence-corrected chi connectivity index (χ3v) is 4.34. The van der Waals surface area contributed by atoms with E-state index in [2.05, 4.69) is 21.2 Å².